The summed E-state index contributed by atoms with van der Waals surface area (Å²) < 4.78 is 28.2. The van der Waals surface area contributed by atoms with Crippen LogP contribution in [0.4, 0.5) is 8.78 Å². The lowest BCUT2D eigenvalue weighted by atomic mass is 9.76. The molecule has 5 heterocycles. The largest absolute Gasteiger partial charge is 0.360 e. The van der Waals surface area contributed by atoms with Gasteiger partial charge in [-0.05, 0) is 125 Å². The maximum atomic E-state index is 14.1. The predicted molar refractivity (Wildman–Crippen MR) is 171 cm³/mol. The quantitative estimate of drug-likeness (QED) is 0.156. The van der Waals surface area contributed by atoms with Crippen LogP contribution in [0.5, 0.6) is 0 Å². The molecule has 0 radical (unpaired) electrons. The number of aromatic amines is 4. The van der Waals surface area contributed by atoms with E-state index in [1.807, 2.05) is 24.3 Å². The fraction of sp³-hybridized carbons (Fsp3) is 0.263. The van der Waals surface area contributed by atoms with E-state index in [0.717, 1.165) is 56.7 Å². The normalized spacial score (nSPS) is 22.2. The van der Waals surface area contributed by atoms with Gasteiger partial charge in [0.15, 0.2) is 0 Å². The Morgan fingerprint density at radius 3 is 0.818 bits per heavy atom. The van der Waals surface area contributed by atoms with Gasteiger partial charge in [-0.15, -0.1) is 0 Å². The Hall–Kier alpha value is -4.58. The number of halogens is 2. The number of H-pyrrole nitrogens is 4. The van der Waals surface area contributed by atoms with Crippen molar-refractivity contribution in [1.82, 2.24) is 19.9 Å². The van der Waals surface area contributed by atoms with Gasteiger partial charge in [-0.25, -0.2) is 8.78 Å². The van der Waals surface area contributed by atoms with Crippen molar-refractivity contribution in [1.29, 1.82) is 0 Å². The van der Waals surface area contributed by atoms with E-state index >= 15 is 0 Å². The van der Waals surface area contributed by atoms with Crippen molar-refractivity contribution in [3.63, 3.8) is 0 Å². The van der Waals surface area contributed by atoms with Gasteiger partial charge in [0.1, 0.15) is 11.6 Å². The molecule has 0 unspecified atom stereocenters. The third-order valence-electron chi connectivity index (χ3n) is 10.4. The zero-order chi connectivity index (χ0) is 31.1. The Bertz CT molecular complexity index is 1730. The highest BCUT2D eigenvalue weighted by atomic mass is 19.1. The van der Waals surface area contributed by atoms with E-state index in [4.69, 9.17) is 0 Å². The van der Waals surface area contributed by atoms with Crippen LogP contribution in [0.2, 0.25) is 0 Å². The molecule has 1 aliphatic rings. The molecule has 224 valence electrons. The number of hydrogen-bond acceptors (Lipinski definition) is 0. The van der Waals surface area contributed by atoms with Crippen molar-refractivity contribution in [3.05, 3.63) is 165 Å². The van der Waals surface area contributed by atoms with Gasteiger partial charge in [-0.3, -0.25) is 0 Å². The van der Waals surface area contributed by atoms with Crippen LogP contribution in [-0.2, 0) is 21.7 Å². The van der Waals surface area contributed by atoms with Gasteiger partial charge in [0, 0.05) is 56.4 Å². The van der Waals surface area contributed by atoms with Crippen LogP contribution < -0.4 is 0 Å². The van der Waals surface area contributed by atoms with Crippen LogP contribution in [0.15, 0.2) is 97.1 Å². The third kappa shape index (κ3) is 4.00. The highest BCUT2D eigenvalue weighted by Crippen LogP contribution is 2.44. The molecule has 1 aliphatic heterocycles. The molecule has 0 fully saturated rings. The number of rotatable bonds is 2. The molecular formula is C38H38F2N4. The maximum Gasteiger partial charge on any atom is 0.123 e. The van der Waals surface area contributed by atoms with Gasteiger partial charge in [0.25, 0.3) is 0 Å². The molecule has 0 aliphatic carbocycles. The van der Waals surface area contributed by atoms with E-state index in [1.165, 1.54) is 24.3 Å². The Kier molecular flexibility index (Phi) is 6.06. The molecule has 0 saturated heterocycles. The average molecular weight is 589 g/mol. The van der Waals surface area contributed by atoms with Crippen LogP contribution in [0.3, 0.4) is 0 Å². The zero-order valence-corrected chi connectivity index (χ0v) is 26.0. The number of hydrogen-bond donors (Lipinski definition) is 4. The smallest absolute Gasteiger partial charge is 0.123 e. The molecule has 2 aromatic carbocycles. The molecule has 6 aromatic rings. The summed E-state index contributed by atoms with van der Waals surface area (Å²) in [5, 5.41) is 0. The van der Waals surface area contributed by atoms with Crippen molar-refractivity contribution >= 4 is 0 Å². The van der Waals surface area contributed by atoms with Crippen molar-refractivity contribution < 1.29 is 8.78 Å². The highest BCUT2D eigenvalue weighted by molar-refractivity contribution is 5.51. The molecule has 6 heteroatoms. The number of benzene rings is 2. The van der Waals surface area contributed by atoms with Gasteiger partial charge in [0.05, 0.1) is 10.8 Å². The molecule has 4 nitrogen and oxygen atoms in total. The molecule has 7 rings (SSSR count). The molecule has 0 amide bonds. The minimum atomic E-state index is -0.601. The van der Waals surface area contributed by atoms with Crippen molar-refractivity contribution in [2.24, 2.45) is 0 Å². The fourth-order valence-electron chi connectivity index (χ4n) is 6.97. The second kappa shape index (κ2) is 9.46. The Labute approximate surface area is 257 Å². The van der Waals surface area contributed by atoms with E-state index in [-0.39, 0.29) is 11.6 Å². The Balaban J connectivity index is 1.50. The summed E-state index contributed by atoms with van der Waals surface area (Å²) in [5.74, 6) is -0.519. The molecule has 0 atom stereocenters. The molecule has 0 saturated carbocycles. The van der Waals surface area contributed by atoms with Gasteiger partial charge in [-0.2, -0.15) is 0 Å². The van der Waals surface area contributed by atoms with Gasteiger partial charge < -0.3 is 19.9 Å². The lowest BCUT2D eigenvalue weighted by Gasteiger charge is -2.32. The molecule has 44 heavy (non-hydrogen) atoms. The summed E-state index contributed by atoms with van der Waals surface area (Å²) in [4.78, 5) is 15.1. The molecular weight excluding hydrogens is 550 g/mol. The minimum absolute atomic E-state index is 0.259. The summed E-state index contributed by atoms with van der Waals surface area (Å²) in [6, 6.07) is 30.8. The van der Waals surface area contributed by atoms with Crippen LogP contribution >= 0.6 is 0 Å². The van der Waals surface area contributed by atoms with Gasteiger partial charge in [0.2, 0.25) is 0 Å². The van der Waals surface area contributed by atoms with Crippen molar-refractivity contribution in [2.75, 3.05) is 0 Å². The van der Waals surface area contributed by atoms with Crippen LogP contribution in [0.25, 0.3) is 0 Å². The molecule has 8 bridgehead atoms. The lowest BCUT2D eigenvalue weighted by Crippen LogP contribution is -2.29. The SMILES string of the molecule is CC1(C)c2ccc([nH]2)C(C)(c2ccc(F)cc2)c2ccc([nH]2)C(C)(C)c2ccc([nH]2)C(C)(c2ccc(F)cc2)c2ccc1[nH]2. The first-order valence-electron chi connectivity index (χ1n) is 15.2. The predicted octanol–water partition coefficient (Wildman–Crippen LogP) is 8.95. The van der Waals surface area contributed by atoms with Crippen molar-refractivity contribution in [3.8, 4) is 0 Å². The van der Waals surface area contributed by atoms with Crippen molar-refractivity contribution in [2.45, 2.75) is 63.2 Å². The summed E-state index contributed by atoms with van der Waals surface area (Å²) in [6.45, 7) is 13.2. The molecule has 4 aromatic heterocycles. The van der Waals surface area contributed by atoms with E-state index in [1.54, 1.807) is 0 Å². The minimum Gasteiger partial charge on any atom is -0.360 e. The summed E-state index contributed by atoms with van der Waals surface area (Å²) in [7, 11) is 0. The molecule has 4 N–H and O–H groups in total. The average Bonchev–Trinajstić information content (AvgIpc) is 3.82. The van der Waals surface area contributed by atoms with E-state index in [2.05, 4.69) is 110 Å². The second-order valence-electron chi connectivity index (χ2n) is 13.7. The van der Waals surface area contributed by atoms with Crippen LogP contribution in [0, 0.1) is 11.6 Å². The van der Waals surface area contributed by atoms with E-state index < -0.39 is 21.7 Å². The summed E-state index contributed by atoms with van der Waals surface area (Å²) in [6.07, 6.45) is 0. The first-order valence-corrected chi connectivity index (χ1v) is 15.2. The first kappa shape index (κ1) is 28.2. The fourth-order valence-corrected chi connectivity index (χ4v) is 6.97. The third-order valence-corrected chi connectivity index (χ3v) is 10.4. The van der Waals surface area contributed by atoms with Gasteiger partial charge in [-0.1, -0.05) is 24.3 Å². The lowest BCUT2D eigenvalue weighted by molar-refractivity contribution is 0.561. The van der Waals surface area contributed by atoms with Crippen LogP contribution in [0.1, 0.15) is 98.2 Å². The maximum absolute atomic E-state index is 14.1. The van der Waals surface area contributed by atoms with Gasteiger partial charge >= 0.3 is 0 Å². The Morgan fingerprint density at radius 2 is 0.568 bits per heavy atom. The number of fused-ring (bicyclic) bond motifs is 8. The summed E-state index contributed by atoms with van der Waals surface area (Å²) in [5.41, 5.74) is 8.23. The number of aromatic nitrogens is 4. The second-order valence-corrected chi connectivity index (χ2v) is 13.7. The zero-order valence-electron chi connectivity index (χ0n) is 26.0. The Morgan fingerprint density at radius 1 is 0.341 bits per heavy atom. The highest BCUT2D eigenvalue weighted by Gasteiger charge is 2.40. The molecule has 0 spiro atoms. The van der Waals surface area contributed by atoms with E-state index in [0.29, 0.717) is 0 Å². The van der Waals surface area contributed by atoms with Crippen LogP contribution in [-0.4, -0.2) is 19.9 Å². The topological polar surface area (TPSA) is 63.2 Å². The summed E-state index contributed by atoms with van der Waals surface area (Å²) >= 11 is 0. The first-order chi connectivity index (χ1) is 20.8. The number of nitrogens with one attached hydrogen (secondary N) is 4. The monoisotopic (exact) mass is 588 g/mol. The van der Waals surface area contributed by atoms with E-state index in [9.17, 15) is 8.78 Å². The standard InChI is InChI=1S/C38H38F2N4/c1-35(2)27-15-19-31(41-27)37(5,23-7-11-25(39)12-8-23)33-21-17-29(43-33)36(3,4)30-18-22-34(44-30)38(6,32-20-16-28(35)42-32)24-9-13-26(40)14-10-24/h7-22,41-44H,1-6H3.